The van der Waals surface area contributed by atoms with Crippen molar-refractivity contribution >= 4 is 0 Å². The second-order valence-electron chi connectivity index (χ2n) is 4.76. The highest BCUT2D eigenvalue weighted by molar-refractivity contribution is 4.53. The van der Waals surface area contributed by atoms with Crippen LogP contribution in [0, 0.1) is 5.92 Å². The molecule has 0 radical (unpaired) electrons. The van der Waals surface area contributed by atoms with Crippen molar-refractivity contribution in [3.05, 3.63) is 0 Å². The second kappa shape index (κ2) is 12.0. The molecule has 0 atom stereocenters. The summed E-state index contributed by atoms with van der Waals surface area (Å²) in [4.78, 5) is 0. The Labute approximate surface area is 96.2 Å². The molecule has 0 aliphatic rings. The van der Waals surface area contributed by atoms with E-state index in [1.165, 1.54) is 51.7 Å². The minimum atomic E-state index is 0.781. The first-order chi connectivity index (χ1) is 7.27. The second-order valence-corrected chi connectivity index (χ2v) is 4.76. The summed E-state index contributed by atoms with van der Waals surface area (Å²) >= 11 is 0. The number of rotatable bonds is 11. The van der Waals surface area contributed by atoms with Gasteiger partial charge in [-0.3, -0.25) is 0 Å². The zero-order valence-corrected chi connectivity index (χ0v) is 10.9. The number of unbranched alkanes of at least 4 members (excludes halogenated alkanes) is 3. The maximum absolute atomic E-state index is 3.48. The van der Waals surface area contributed by atoms with E-state index in [0.29, 0.717) is 0 Å². The highest BCUT2D eigenvalue weighted by atomic mass is 14.8. The summed E-state index contributed by atoms with van der Waals surface area (Å²) in [5.74, 6) is 0.781. The van der Waals surface area contributed by atoms with Gasteiger partial charge in [-0.25, -0.2) is 0 Å². The molecule has 0 aliphatic heterocycles. The average molecular weight is 214 g/mol. The Morgan fingerprint density at radius 2 is 1.40 bits per heavy atom. The molecular formula is C13H30N2. The molecule has 0 spiro atoms. The standard InChI is InChI=1S/C13H30N2/c1-4-9-14-10-7-5-6-8-11-15-12-13(2)3/h13-15H,4-12H2,1-3H3. The molecule has 0 aliphatic carbocycles. The summed E-state index contributed by atoms with van der Waals surface area (Å²) in [7, 11) is 0. The van der Waals surface area contributed by atoms with E-state index in [1.807, 2.05) is 0 Å². The molecule has 0 aromatic carbocycles. The Balaban J connectivity index is 2.87. The molecule has 0 rings (SSSR count). The van der Waals surface area contributed by atoms with Crippen molar-refractivity contribution in [2.75, 3.05) is 26.2 Å². The van der Waals surface area contributed by atoms with E-state index in [1.54, 1.807) is 0 Å². The molecule has 0 saturated heterocycles. The molecule has 0 fully saturated rings. The molecular weight excluding hydrogens is 184 g/mol. The fraction of sp³-hybridized carbons (Fsp3) is 1.00. The summed E-state index contributed by atoms with van der Waals surface area (Å²) in [6.45, 7) is 11.5. The summed E-state index contributed by atoms with van der Waals surface area (Å²) in [6.07, 6.45) is 6.67. The Bertz CT molecular complexity index is 113. The lowest BCUT2D eigenvalue weighted by Crippen LogP contribution is -2.20. The molecule has 0 aromatic rings. The fourth-order valence-electron chi connectivity index (χ4n) is 1.55. The van der Waals surface area contributed by atoms with Gasteiger partial charge in [-0.1, -0.05) is 33.6 Å². The summed E-state index contributed by atoms with van der Waals surface area (Å²) in [5.41, 5.74) is 0. The number of nitrogens with one attached hydrogen (secondary N) is 2. The summed E-state index contributed by atoms with van der Waals surface area (Å²) in [5, 5.41) is 6.92. The van der Waals surface area contributed by atoms with Crippen LogP contribution in [0.3, 0.4) is 0 Å². The van der Waals surface area contributed by atoms with Crippen molar-refractivity contribution in [3.8, 4) is 0 Å². The molecule has 0 unspecified atom stereocenters. The van der Waals surface area contributed by atoms with Crippen molar-refractivity contribution < 1.29 is 0 Å². The van der Waals surface area contributed by atoms with Crippen LogP contribution in [0.5, 0.6) is 0 Å². The van der Waals surface area contributed by atoms with Gasteiger partial charge in [0.1, 0.15) is 0 Å². The van der Waals surface area contributed by atoms with E-state index in [0.717, 1.165) is 12.5 Å². The predicted octanol–water partition coefficient (Wildman–Crippen LogP) is 2.79. The van der Waals surface area contributed by atoms with E-state index in [9.17, 15) is 0 Å². The van der Waals surface area contributed by atoms with Crippen LogP contribution in [0.1, 0.15) is 52.9 Å². The van der Waals surface area contributed by atoms with Crippen LogP contribution >= 0.6 is 0 Å². The largest absolute Gasteiger partial charge is 0.317 e. The lowest BCUT2D eigenvalue weighted by Gasteiger charge is -2.07. The summed E-state index contributed by atoms with van der Waals surface area (Å²) in [6, 6.07) is 0. The third-order valence-corrected chi connectivity index (χ3v) is 2.44. The van der Waals surface area contributed by atoms with Crippen LogP contribution in [0.25, 0.3) is 0 Å². The van der Waals surface area contributed by atoms with Gasteiger partial charge in [0.15, 0.2) is 0 Å². The van der Waals surface area contributed by atoms with Gasteiger partial charge < -0.3 is 10.6 Å². The first-order valence-electron chi connectivity index (χ1n) is 6.68. The van der Waals surface area contributed by atoms with E-state index in [4.69, 9.17) is 0 Å². The Morgan fingerprint density at radius 1 is 0.800 bits per heavy atom. The normalized spacial score (nSPS) is 11.2. The molecule has 0 aromatic heterocycles. The van der Waals surface area contributed by atoms with Crippen LogP contribution in [-0.2, 0) is 0 Å². The quantitative estimate of drug-likeness (QED) is 0.517. The Kier molecular flexibility index (Phi) is 11.9. The van der Waals surface area contributed by atoms with Gasteiger partial charge in [0, 0.05) is 0 Å². The van der Waals surface area contributed by atoms with Crippen LogP contribution in [0.2, 0.25) is 0 Å². The highest BCUT2D eigenvalue weighted by Crippen LogP contribution is 1.98. The van der Waals surface area contributed by atoms with Crippen LogP contribution < -0.4 is 10.6 Å². The molecule has 0 heterocycles. The molecule has 2 N–H and O–H groups in total. The number of hydrogen-bond acceptors (Lipinski definition) is 2. The Morgan fingerprint density at radius 3 is 1.93 bits per heavy atom. The lowest BCUT2D eigenvalue weighted by molar-refractivity contribution is 0.521. The zero-order valence-electron chi connectivity index (χ0n) is 10.9. The third kappa shape index (κ3) is 13.9. The maximum atomic E-state index is 3.48. The SMILES string of the molecule is CCCNCCCCCCNCC(C)C. The minimum Gasteiger partial charge on any atom is -0.317 e. The van der Waals surface area contributed by atoms with Gasteiger partial charge in [0.05, 0.1) is 0 Å². The van der Waals surface area contributed by atoms with Gasteiger partial charge in [-0.15, -0.1) is 0 Å². The van der Waals surface area contributed by atoms with Crippen molar-refractivity contribution in [2.24, 2.45) is 5.92 Å². The average Bonchev–Trinajstić information content (AvgIpc) is 2.20. The first kappa shape index (κ1) is 14.9. The van der Waals surface area contributed by atoms with Gasteiger partial charge in [-0.05, 0) is 51.4 Å². The van der Waals surface area contributed by atoms with Crippen molar-refractivity contribution in [1.29, 1.82) is 0 Å². The zero-order chi connectivity index (χ0) is 11.4. The highest BCUT2D eigenvalue weighted by Gasteiger charge is 1.93. The van der Waals surface area contributed by atoms with E-state index >= 15 is 0 Å². The summed E-state index contributed by atoms with van der Waals surface area (Å²) < 4.78 is 0. The van der Waals surface area contributed by atoms with Crippen molar-refractivity contribution in [1.82, 2.24) is 10.6 Å². The minimum absolute atomic E-state index is 0.781. The first-order valence-corrected chi connectivity index (χ1v) is 6.68. The van der Waals surface area contributed by atoms with Gasteiger partial charge in [0.25, 0.3) is 0 Å². The number of hydrogen-bond donors (Lipinski definition) is 2. The van der Waals surface area contributed by atoms with Gasteiger partial charge >= 0.3 is 0 Å². The van der Waals surface area contributed by atoms with Crippen LogP contribution in [0.15, 0.2) is 0 Å². The molecule has 15 heavy (non-hydrogen) atoms. The van der Waals surface area contributed by atoms with Gasteiger partial charge in [-0.2, -0.15) is 0 Å². The topological polar surface area (TPSA) is 24.1 Å². The van der Waals surface area contributed by atoms with E-state index in [-0.39, 0.29) is 0 Å². The molecule has 2 nitrogen and oxygen atoms in total. The molecule has 0 bridgehead atoms. The smallest absolute Gasteiger partial charge is 0.00258 e. The Hall–Kier alpha value is -0.0800. The van der Waals surface area contributed by atoms with E-state index < -0.39 is 0 Å². The van der Waals surface area contributed by atoms with Crippen LogP contribution in [-0.4, -0.2) is 26.2 Å². The monoisotopic (exact) mass is 214 g/mol. The van der Waals surface area contributed by atoms with Crippen molar-refractivity contribution in [3.63, 3.8) is 0 Å². The van der Waals surface area contributed by atoms with Gasteiger partial charge in [0.2, 0.25) is 0 Å². The lowest BCUT2D eigenvalue weighted by atomic mass is 10.2. The molecule has 0 saturated carbocycles. The molecule has 0 amide bonds. The predicted molar refractivity (Wildman–Crippen MR) is 69.3 cm³/mol. The fourth-order valence-corrected chi connectivity index (χ4v) is 1.55. The van der Waals surface area contributed by atoms with Crippen molar-refractivity contribution in [2.45, 2.75) is 52.9 Å². The third-order valence-electron chi connectivity index (χ3n) is 2.44. The molecule has 2 heteroatoms. The van der Waals surface area contributed by atoms with Crippen LogP contribution in [0.4, 0.5) is 0 Å². The van der Waals surface area contributed by atoms with E-state index in [2.05, 4.69) is 31.4 Å². The maximum Gasteiger partial charge on any atom is -0.00258 e. The molecule has 92 valence electrons.